The van der Waals surface area contributed by atoms with Crippen molar-refractivity contribution in [2.75, 3.05) is 26.8 Å². The van der Waals surface area contributed by atoms with Gasteiger partial charge in [-0.2, -0.15) is 0 Å². The molecule has 2 heterocycles. The lowest BCUT2D eigenvalue weighted by atomic mass is 9.85. The van der Waals surface area contributed by atoms with E-state index in [-0.39, 0.29) is 0 Å². The van der Waals surface area contributed by atoms with Crippen LogP contribution in [0, 0.1) is 5.92 Å². The molecule has 4 unspecified atom stereocenters. The highest BCUT2D eigenvalue weighted by Crippen LogP contribution is 2.33. The SMILES string of the molecule is CN(CC1CC2CCCCC2N1)C1CCOC1. The van der Waals surface area contributed by atoms with Gasteiger partial charge in [0.15, 0.2) is 0 Å². The molecule has 98 valence electrons. The summed E-state index contributed by atoms with van der Waals surface area (Å²) >= 11 is 0. The van der Waals surface area contributed by atoms with E-state index in [4.69, 9.17) is 4.74 Å². The quantitative estimate of drug-likeness (QED) is 0.809. The van der Waals surface area contributed by atoms with Gasteiger partial charge in [-0.15, -0.1) is 0 Å². The molecule has 1 saturated carbocycles. The number of nitrogens with one attached hydrogen (secondary N) is 1. The summed E-state index contributed by atoms with van der Waals surface area (Å²) in [4.78, 5) is 2.52. The second-order valence-corrected chi connectivity index (χ2v) is 6.21. The number of ether oxygens (including phenoxy) is 1. The molecule has 0 aromatic rings. The van der Waals surface area contributed by atoms with Crippen molar-refractivity contribution in [1.82, 2.24) is 10.2 Å². The Hall–Kier alpha value is -0.120. The van der Waals surface area contributed by atoms with Crippen molar-refractivity contribution in [3.05, 3.63) is 0 Å². The van der Waals surface area contributed by atoms with E-state index in [9.17, 15) is 0 Å². The Labute approximate surface area is 105 Å². The van der Waals surface area contributed by atoms with Gasteiger partial charge in [-0.3, -0.25) is 4.90 Å². The Balaban J connectivity index is 1.49. The highest BCUT2D eigenvalue weighted by atomic mass is 16.5. The van der Waals surface area contributed by atoms with Crippen LogP contribution in [0.15, 0.2) is 0 Å². The van der Waals surface area contributed by atoms with E-state index in [1.165, 1.54) is 45.1 Å². The Morgan fingerprint density at radius 2 is 2.12 bits per heavy atom. The first-order chi connectivity index (χ1) is 8.33. The smallest absolute Gasteiger partial charge is 0.0622 e. The summed E-state index contributed by atoms with van der Waals surface area (Å²) in [5.41, 5.74) is 0. The number of likely N-dealkylation sites (N-methyl/N-ethyl adjacent to an activating group) is 1. The van der Waals surface area contributed by atoms with E-state index >= 15 is 0 Å². The van der Waals surface area contributed by atoms with E-state index in [0.29, 0.717) is 6.04 Å². The number of hydrogen-bond acceptors (Lipinski definition) is 3. The maximum Gasteiger partial charge on any atom is 0.0622 e. The summed E-state index contributed by atoms with van der Waals surface area (Å²) < 4.78 is 5.48. The van der Waals surface area contributed by atoms with Crippen molar-refractivity contribution in [2.45, 2.75) is 56.7 Å². The predicted molar refractivity (Wildman–Crippen MR) is 69.1 cm³/mol. The standard InChI is InChI=1S/C14H26N2O/c1-16(13-6-7-17-10-13)9-12-8-11-4-2-3-5-14(11)15-12/h11-15H,2-10H2,1H3. The van der Waals surface area contributed by atoms with Gasteiger partial charge in [0.05, 0.1) is 6.61 Å². The van der Waals surface area contributed by atoms with Crippen molar-refractivity contribution < 1.29 is 4.74 Å². The van der Waals surface area contributed by atoms with Gasteiger partial charge in [0, 0.05) is 31.3 Å². The summed E-state index contributed by atoms with van der Waals surface area (Å²) in [6, 6.07) is 2.23. The largest absolute Gasteiger partial charge is 0.380 e. The fourth-order valence-corrected chi connectivity index (χ4v) is 3.94. The van der Waals surface area contributed by atoms with E-state index in [2.05, 4.69) is 17.3 Å². The maximum atomic E-state index is 5.48. The molecular weight excluding hydrogens is 212 g/mol. The van der Waals surface area contributed by atoms with Crippen LogP contribution >= 0.6 is 0 Å². The fourth-order valence-electron chi connectivity index (χ4n) is 3.94. The normalized spacial score (nSPS) is 42.0. The molecule has 3 fully saturated rings. The molecule has 0 bridgehead atoms. The molecule has 3 aliphatic rings. The van der Waals surface area contributed by atoms with Crippen LogP contribution in [-0.2, 0) is 4.74 Å². The molecule has 4 atom stereocenters. The van der Waals surface area contributed by atoms with Crippen LogP contribution in [0.1, 0.15) is 38.5 Å². The van der Waals surface area contributed by atoms with Crippen LogP contribution in [-0.4, -0.2) is 49.8 Å². The molecule has 2 saturated heterocycles. The summed E-state index contributed by atoms with van der Waals surface area (Å²) in [5, 5.41) is 3.86. The number of fused-ring (bicyclic) bond motifs is 1. The van der Waals surface area contributed by atoms with Gasteiger partial charge in [-0.1, -0.05) is 12.8 Å². The zero-order chi connectivity index (χ0) is 11.7. The van der Waals surface area contributed by atoms with Gasteiger partial charge in [-0.25, -0.2) is 0 Å². The monoisotopic (exact) mass is 238 g/mol. The second kappa shape index (κ2) is 5.25. The van der Waals surface area contributed by atoms with Crippen molar-refractivity contribution in [1.29, 1.82) is 0 Å². The zero-order valence-electron chi connectivity index (χ0n) is 11.0. The summed E-state index contributed by atoms with van der Waals surface area (Å²) in [7, 11) is 2.27. The first-order valence-corrected chi connectivity index (χ1v) is 7.37. The van der Waals surface area contributed by atoms with E-state index < -0.39 is 0 Å². The number of hydrogen-bond donors (Lipinski definition) is 1. The van der Waals surface area contributed by atoms with E-state index in [1.807, 2.05) is 0 Å². The summed E-state index contributed by atoms with van der Waals surface area (Å²) in [6.07, 6.45) is 8.40. The van der Waals surface area contributed by atoms with Crippen LogP contribution in [0.2, 0.25) is 0 Å². The minimum absolute atomic E-state index is 0.666. The summed E-state index contributed by atoms with van der Waals surface area (Å²) in [6.45, 7) is 3.11. The lowest BCUT2D eigenvalue weighted by Crippen LogP contribution is -2.43. The topological polar surface area (TPSA) is 24.5 Å². The molecule has 0 aromatic heterocycles. The van der Waals surface area contributed by atoms with Gasteiger partial charge < -0.3 is 10.1 Å². The highest BCUT2D eigenvalue weighted by molar-refractivity contribution is 4.94. The molecular formula is C14H26N2O. The lowest BCUT2D eigenvalue weighted by Gasteiger charge is -2.26. The van der Waals surface area contributed by atoms with Gasteiger partial charge >= 0.3 is 0 Å². The third kappa shape index (κ3) is 2.67. The number of nitrogens with zero attached hydrogens (tertiary/aromatic N) is 1. The first-order valence-electron chi connectivity index (χ1n) is 7.37. The third-order valence-corrected chi connectivity index (χ3v) is 4.98. The van der Waals surface area contributed by atoms with E-state index in [0.717, 1.165) is 31.2 Å². The van der Waals surface area contributed by atoms with Gasteiger partial charge in [0.2, 0.25) is 0 Å². The Kier molecular flexibility index (Phi) is 3.69. The van der Waals surface area contributed by atoms with Gasteiger partial charge in [-0.05, 0) is 38.6 Å². The Morgan fingerprint density at radius 1 is 1.24 bits per heavy atom. The van der Waals surface area contributed by atoms with Crippen molar-refractivity contribution >= 4 is 0 Å². The van der Waals surface area contributed by atoms with Crippen LogP contribution in [0.4, 0.5) is 0 Å². The van der Waals surface area contributed by atoms with Crippen LogP contribution in [0.5, 0.6) is 0 Å². The molecule has 3 nitrogen and oxygen atoms in total. The first kappa shape index (κ1) is 11.9. The molecule has 1 N–H and O–H groups in total. The maximum absolute atomic E-state index is 5.48. The molecule has 0 spiro atoms. The average Bonchev–Trinajstić information content (AvgIpc) is 2.97. The third-order valence-electron chi connectivity index (χ3n) is 4.98. The van der Waals surface area contributed by atoms with Crippen LogP contribution < -0.4 is 5.32 Å². The molecule has 1 aliphatic carbocycles. The predicted octanol–water partition coefficient (Wildman–Crippen LogP) is 1.63. The number of rotatable bonds is 3. The van der Waals surface area contributed by atoms with Crippen LogP contribution in [0.25, 0.3) is 0 Å². The van der Waals surface area contributed by atoms with E-state index in [1.54, 1.807) is 0 Å². The van der Waals surface area contributed by atoms with Crippen molar-refractivity contribution in [2.24, 2.45) is 5.92 Å². The molecule has 0 amide bonds. The average molecular weight is 238 g/mol. The highest BCUT2D eigenvalue weighted by Gasteiger charge is 2.36. The minimum Gasteiger partial charge on any atom is -0.380 e. The lowest BCUT2D eigenvalue weighted by molar-refractivity contribution is 0.154. The van der Waals surface area contributed by atoms with Gasteiger partial charge in [0.1, 0.15) is 0 Å². The Morgan fingerprint density at radius 3 is 2.88 bits per heavy atom. The molecule has 3 rings (SSSR count). The van der Waals surface area contributed by atoms with Crippen LogP contribution in [0.3, 0.4) is 0 Å². The van der Waals surface area contributed by atoms with Crippen molar-refractivity contribution in [3.8, 4) is 0 Å². The van der Waals surface area contributed by atoms with Gasteiger partial charge in [0.25, 0.3) is 0 Å². The second-order valence-electron chi connectivity index (χ2n) is 6.21. The zero-order valence-corrected chi connectivity index (χ0v) is 11.0. The van der Waals surface area contributed by atoms with Crippen molar-refractivity contribution in [3.63, 3.8) is 0 Å². The molecule has 3 heteroatoms. The molecule has 17 heavy (non-hydrogen) atoms. The molecule has 0 aromatic carbocycles. The molecule has 0 radical (unpaired) electrons. The molecule has 2 aliphatic heterocycles. The summed E-state index contributed by atoms with van der Waals surface area (Å²) in [5.74, 6) is 0.974. The Bertz CT molecular complexity index is 239. The minimum atomic E-state index is 0.666. The fraction of sp³-hybridized carbons (Fsp3) is 1.00.